The van der Waals surface area contributed by atoms with E-state index in [1.807, 2.05) is 6.07 Å². The van der Waals surface area contributed by atoms with Gasteiger partial charge in [0.2, 0.25) is 0 Å². The Labute approximate surface area is 132 Å². The number of hydrogen-bond donors (Lipinski definition) is 1. The van der Waals surface area contributed by atoms with Gasteiger partial charge >= 0.3 is 0 Å². The van der Waals surface area contributed by atoms with Crippen LogP contribution in [0.25, 0.3) is 0 Å². The number of likely N-dealkylation sites (N-methyl/N-ethyl adjacent to an activating group) is 1. The summed E-state index contributed by atoms with van der Waals surface area (Å²) in [5, 5.41) is 0.776. The molecule has 2 fully saturated rings. The van der Waals surface area contributed by atoms with Crippen molar-refractivity contribution in [3.8, 4) is 0 Å². The quantitative estimate of drug-likeness (QED) is 0.852. The van der Waals surface area contributed by atoms with Gasteiger partial charge in [-0.05, 0) is 38.4 Å². The summed E-state index contributed by atoms with van der Waals surface area (Å²) < 4.78 is 0. The zero-order valence-corrected chi connectivity index (χ0v) is 13.6. The molecule has 5 heteroatoms. The number of nitrogen functional groups attached to an aromatic ring is 1. The molecule has 2 heterocycles. The number of anilines is 3. The van der Waals surface area contributed by atoms with E-state index in [0.29, 0.717) is 0 Å². The molecule has 0 aliphatic carbocycles. The Morgan fingerprint density at radius 1 is 0.857 bits per heavy atom. The van der Waals surface area contributed by atoms with E-state index in [9.17, 15) is 0 Å². The summed E-state index contributed by atoms with van der Waals surface area (Å²) in [5.74, 6) is 0. The molecule has 2 saturated heterocycles. The van der Waals surface area contributed by atoms with Crippen LogP contribution in [0.1, 0.15) is 19.3 Å². The molecule has 21 heavy (non-hydrogen) atoms. The maximum absolute atomic E-state index is 6.46. The first-order chi connectivity index (χ1) is 10.1. The number of piperazine rings is 1. The first-order valence-corrected chi connectivity index (χ1v) is 8.30. The second-order valence-electron chi connectivity index (χ2n) is 6.20. The number of rotatable bonds is 2. The van der Waals surface area contributed by atoms with Crippen LogP contribution in [0.4, 0.5) is 17.1 Å². The highest BCUT2D eigenvalue weighted by molar-refractivity contribution is 6.33. The number of nitrogens with two attached hydrogens (primary N) is 1. The van der Waals surface area contributed by atoms with Gasteiger partial charge in [-0.15, -0.1) is 0 Å². The molecule has 1 aromatic carbocycles. The number of halogens is 1. The van der Waals surface area contributed by atoms with Crippen molar-refractivity contribution < 1.29 is 0 Å². The summed E-state index contributed by atoms with van der Waals surface area (Å²) >= 11 is 6.46. The van der Waals surface area contributed by atoms with E-state index in [1.165, 1.54) is 19.3 Å². The van der Waals surface area contributed by atoms with Crippen molar-refractivity contribution in [3.05, 3.63) is 17.2 Å². The highest BCUT2D eigenvalue weighted by Crippen LogP contribution is 2.37. The van der Waals surface area contributed by atoms with Crippen LogP contribution in [0.15, 0.2) is 12.1 Å². The van der Waals surface area contributed by atoms with Gasteiger partial charge < -0.3 is 20.4 Å². The van der Waals surface area contributed by atoms with Crippen LogP contribution in [0.2, 0.25) is 5.02 Å². The van der Waals surface area contributed by atoms with E-state index in [1.54, 1.807) is 0 Å². The van der Waals surface area contributed by atoms with Crippen LogP contribution in [-0.4, -0.2) is 51.2 Å². The van der Waals surface area contributed by atoms with Gasteiger partial charge in [0.05, 0.1) is 22.1 Å². The molecule has 0 amide bonds. The second kappa shape index (κ2) is 6.32. The topological polar surface area (TPSA) is 35.7 Å². The maximum atomic E-state index is 6.46. The molecule has 116 valence electrons. The van der Waals surface area contributed by atoms with Gasteiger partial charge in [0, 0.05) is 39.3 Å². The van der Waals surface area contributed by atoms with E-state index in [2.05, 4.69) is 27.8 Å². The maximum Gasteiger partial charge on any atom is 0.0661 e. The lowest BCUT2D eigenvalue weighted by atomic mass is 10.1. The minimum absolute atomic E-state index is 0.776. The number of piperidine rings is 1. The smallest absolute Gasteiger partial charge is 0.0661 e. The monoisotopic (exact) mass is 308 g/mol. The Morgan fingerprint density at radius 3 is 2.14 bits per heavy atom. The van der Waals surface area contributed by atoms with Crippen molar-refractivity contribution in [2.24, 2.45) is 0 Å². The van der Waals surface area contributed by atoms with Crippen LogP contribution in [0.5, 0.6) is 0 Å². The summed E-state index contributed by atoms with van der Waals surface area (Å²) in [5.41, 5.74) is 9.32. The summed E-state index contributed by atoms with van der Waals surface area (Å²) in [6.45, 7) is 6.43. The third-order valence-corrected chi connectivity index (χ3v) is 4.94. The van der Waals surface area contributed by atoms with E-state index in [-0.39, 0.29) is 0 Å². The fraction of sp³-hybridized carbons (Fsp3) is 0.625. The first-order valence-electron chi connectivity index (χ1n) is 7.92. The largest absolute Gasteiger partial charge is 0.397 e. The summed E-state index contributed by atoms with van der Waals surface area (Å²) in [6.07, 6.45) is 3.84. The van der Waals surface area contributed by atoms with Crippen molar-refractivity contribution in [1.29, 1.82) is 0 Å². The van der Waals surface area contributed by atoms with Gasteiger partial charge in [0.1, 0.15) is 0 Å². The van der Waals surface area contributed by atoms with E-state index >= 15 is 0 Å². The fourth-order valence-corrected chi connectivity index (χ4v) is 3.56. The minimum Gasteiger partial charge on any atom is -0.397 e. The van der Waals surface area contributed by atoms with Gasteiger partial charge in [0.15, 0.2) is 0 Å². The Morgan fingerprint density at radius 2 is 1.48 bits per heavy atom. The molecule has 0 radical (unpaired) electrons. The van der Waals surface area contributed by atoms with Gasteiger partial charge in [0.25, 0.3) is 0 Å². The second-order valence-corrected chi connectivity index (χ2v) is 6.61. The molecule has 2 N–H and O–H groups in total. The molecular formula is C16H25ClN4. The summed E-state index contributed by atoms with van der Waals surface area (Å²) in [4.78, 5) is 7.15. The van der Waals surface area contributed by atoms with Crippen LogP contribution < -0.4 is 15.5 Å². The number of nitrogens with zero attached hydrogens (tertiary/aromatic N) is 3. The lowest BCUT2D eigenvalue weighted by Gasteiger charge is -2.36. The van der Waals surface area contributed by atoms with Crippen molar-refractivity contribution in [2.45, 2.75) is 19.3 Å². The van der Waals surface area contributed by atoms with Crippen molar-refractivity contribution in [1.82, 2.24) is 4.90 Å². The fourth-order valence-electron chi connectivity index (χ4n) is 3.26. The Bertz CT molecular complexity index is 491. The highest BCUT2D eigenvalue weighted by Gasteiger charge is 2.20. The molecule has 0 spiro atoms. The van der Waals surface area contributed by atoms with Crippen molar-refractivity contribution in [3.63, 3.8) is 0 Å². The lowest BCUT2D eigenvalue weighted by Crippen LogP contribution is -2.44. The molecule has 0 atom stereocenters. The normalized spacial score (nSPS) is 20.9. The SMILES string of the molecule is CN1CCN(c2cc(N3CCCCC3)c(N)cc2Cl)CC1. The van der Waals surface area contributed by atoms with Gasteiger partial charge in [-0.1, -0.05) is 11.6 Å². The zero-order chi connectivity index (χ0) is 14.8. The highest BCUT2D eigenvalue weighted by atomic mass is 35.5. The molecule has 1 aromatic rings. The zero-order valence-electron chi connectivity index (χ0n) is 12.8. The molecule has 2 aliphatic heterocycles. The third-order valence-electron chi connectivity index (χ3n) is 4.64. The molecule has 0 bridgehead atoms. The molecular weight excluding hydrogens is 284 g/mol. The Balaban J connectivity index is 1.86. The lowest BCUT2D eigenvalue weighted by molar-refractivity contribution is 0.313. The molecule has 0 aromatic heterocycles. The van der Waals surface area contributed by atoms with E-state index in [4.69, 9.17) is 17.3 Å². The number of hydrogen-bond acceptors (Lipinski definition) is 4. The van der Waals surface area contributed by atoms with Crippen molar-refractivity contribution in [2.75, 3.05) is 61.8 Å². The average Bonchev–Trinajstić information content (AvgIpc) is 2.49. The third kappa shape index (κ3) is 3.22. The molecule has 4 nitrogen and oxygen atoms in total. The predicted octanol–water partition coefficient (Wildman–Crippen LogP) is 2.66. The van der Waals surface area contributed by atoms with Crippen LogP contribution >= 0.6 is 11.6 Å². The van der Waals surface area contributed by atoms with Crippen LogP contribution in [0.3, 0.4) is 0 Å². The van der Waals surface area contributed by atoms with E-state index in [0.717, 1.165) is 61.4 Å². The summed E-state index contributed by atoms with van der Waals surface area (Å²) in [7, 11) is 2.17. The molecule has 0 saturated carbocycles. The predicted molar refractivity (Wildman–Crippen MR) is 91.6 cm³/mol. The number of benzene rings is 1. The molecule has 3 rings (SSSR count). The summed E-state index contributed by atoms with van der Waals surface area (Å²) in [6, 6.07) is 4.13. The van der Waals surface area contributed by atoms with Gasteiger partial charge in [-0.25, -0.2) is 0 Å². The van der Waals surface area contributed by atoms with Crippen molar-refractivity contribution >= 4 is 28.7 Å². The Hall–Kier alpha value is -1.13. The van der Waals surface area contributed by atoms with Crippen LogP contribution in [-0.2, 0) is 0 Å². The molecule has 2 aliphatic rings. The van der Waals surface area contributed by atoms with E-state index < -0.39 is 0 Å². The van der Waals surface area contributed by atoms with Gasteiger partial charge in [-0.3, -0.25) is 0 Å². The first kappa shape index (κ1) is 14.8. The van der Waals surface area contributed by atoms with Crippen LogP contribution in [0, 0.1) is 0 Å². The standard InChI is InChI=1S/C16H25ClN4/c1-19-7-9-21(10-8-19)15-12-16(14(18)11-13(15)17)20-5-3-2-4-6-20/h11-12H,2-10,18H2,1H3. The minimum atomic E-state index is 0.776. The van der Waals surface area contributed by atoms with Gasteiger partial charge in [-0.2, -0.15) is 0 Å². The average molecular weight is 309 g/mol. The molecule has 0 unspecified atom stereocenters. The Kier molecular flexibility index (Phi) is 4.45.